The maximum atomic E-state index is 12.6. The number of anilines is 1. The maximum Gasteiger partial charge on any atom is 0.298 e. The van der Waals surface area contributed by atoms with Crippen LogP contribution in [0.3, 0.4) is 0 Å². The van der Waals surface area contributed by atoms with E-state index in [1.807, 2.05) is 0 Å². The minimum Gasteiger partial charge on any atom is -0.397 e. The van der Waals surface area contributed by atoms with E-state index in [0.29, 0.717) is 11.5 Å². The predicted molar refractivity (Wildman–Crippen MR) is 144 cm³/mol. The third-order valence-electron chi connectivity index (χ3n) is 5.79. The van der Waals surface area contributed by atoms with Crippen molar-refractivity contribution in [3.63, 3.8) is 0 Å². The summed E-state index contributed by atoms with van der Waals surface area (Å²) in [5.74, 6) is 0. The number of hydrogen-bond donors (Lipinski definition) is 6. The van der Waals surface area contributed by atoms with E-state index in [9.17, 15) is 51.9 Å². The minimum atomic E-state index is -5.68. The highest BCUT2D eigenvalue weighted by atomic mass is 32.2. The Morgan fingerprint density at radius 1 is 0.659 bits per heavy atom. The standard InChI is InChI=1S/C21H18N4O12S4/c22-9-14-13-8-15(38(26,27)28)18(25-24-12-6-5-10-3-1-2-4-11(10)7-12)20(40(32,33)34)16(13)17(23)21(41(35,36)37)19(14)39(29,30)31/h1-8H,9,22-23H2,(H,26,27,28)(H,29,30,31)(H,32,33,34)(H,35,36,37). The summed E-state index contributed by atoms with van der Waals surface area (Å²) >= 11 is 0. The van der Waals surface area contributed by atoms with Crippen LogP contribution in [0.25, 0.3) is 21.5 Å². The van der Waals surface area contributed by atoms with Gasteiger partial charge in [-0.2, -0.15) is 38.8 Å². The molecule has 0 bridgehead atoms. The van der Waals surface area contributed by atoms with Gasteiger partial charge in [-0.25, -0.2) is 0 Å². The monoisotopic (exact) mass is 646 g/mol. The molecule has 0 saturated heterocycles. The summed E-state index contributed by atoms with van der Waals surface area (Å²) < 4.78 is 138. The van der Waals surface area contributed by atoms with Crippen LogP contribution in [0, 0.1) is 0 Å². The van der Waals surface area contributed by atoms with Crippen LogP contribution in [0.1, 0.15) is 5.56 Å². The zero-order chi connectivity index (χ0) is 30.7. The van der Waals surface area contributed by atoms with Crippen LogP contribution in [-0.2, 0) is 47.0 Å². The summed E-state index contributed by atoms with van der Waals surface area (Å²) in [7, 11) is -22.4. The molecule has 0 unspecified atom stereocenters. The molecule has 4 aromatic rings. The number of nitrogen functional groups attached to an aromatic ring is 1. The van der Waals surface area contributed by atoms with Crippen molar-refractivity contribution in [1.82, 2.24) is 0 Å². The molecule has 0 saturated carbocycles. The van der Waals surface area contributed by atoms with Crippen molar-refractivity contribution in [1.29, 1.82) is 0 Å². The Morgan fingerprint density at radius 3 is 1.73 bits per heavy atom. The summed E-state index contributed by atoms with van der Waals surface area (Å²) in [6.45, 7) is -1.03. The first-order valence-electron chi connectivity index (χ1n) is 10.7. The Morgan fingerprint density at radius 2 is 1.22 bits per heavy atom. The minimum absolute atomic E-state index is 0.0299. The van der Waals surface area contributed by atoms with Crippen LogP contribution in [-0.4, -0.2) is 51.9 Å². The van der Waals surface area contributed by atoms with Crippen LogP contribution in [0.5, 0.6) is 0 Å². The lowest BCUT2D eigenvalue weighted by molar-refractivity contribution is 0.466. The predicted octanol–water partition coefficient (Wildman–Crippen LogP) is 2.44. The van der Waals surface area contributed by atoms with Gasteiger partial charge in [0.25, 0.3) is 40.5 Å². The zero-order valence-corrected chi connectivity index (χ0v) is 23.3. The van der Waals surface area contributed by atoms with Gasteiger partial charge in [-0.05, 0) is 39.9 Å². The number of nitrogens with two attached hydrogens (primary N) is 2. The fraction of sp³-hybridized carbons (Fsp3) is 0.0476. The third-order valence-corrected chi connectivity index (χ3v) is 9.61. The van der Waals surface area contributed by atoms with Crippen LogP contribution >= 0.6 is 0 Å². The van der Waals surface area contributed by atoms with E-state index >= 15 is 0 Å². The largest absolute Gasteiger partial charge is 0.397 e. The van der Waals surface area contributed by atoms with Crippen molar-refractivity contribution in [2.24, 2.45) is 16.0 Å². The molecular weight excluding hydrogens is 629 g/mol. The summed E-state index contributed by atoms with van der Waals surface area (Å²) in [4.78, 5) is -6.20. The molecule has 41 heavy (non-hydrogen) atoms. The van der Waals surface area contributed by atoms with Gasteiger partial charge < -0.3 is 11.5 Å². The van der Waals surface area contributed by atoms with Crippen LogP contribution < -0.4 is 11.5 Å². The van der Waals surface area contributed by atoms with Gasteiger partial charge in [0.05, 0.1) is 11.4 Å². The van der Waals surface area contributed by atoms with Crippen molar-refractivity contribution in [2.45, 2.75) is 26.1 Å². The average Bonchev–Trinajstić information content (AvgIpc) is 2.83. The molecule has 16 nitrogen and oxygen atoms in total. The molecule has 0 radical (unpaired) electrons. The van der Waals surface area contributed by atoms with Crippen molar-refractivity contribution < 1.29 is 51.9 Å². The van der Waals surface area contributed by atoms with Gasteiger partial charge in [-0.1, -0.05) is 30.3 Å². The van der Waals surface area contributed by atoms with E-state index in [4.69, 9.17) is 11.5 Å². The molecule has 0 spiro atoms. The highest BCUT2D eigenvalue weighted by Crippen LogP contribution is 2.47. The number of fused-ring (bicyclic) bond motifs is 2. The molecule has 0 aliphatic carbocycles. The van der Waals surface area contributed by atoms with Gasteiger partial charge in [0.1, 0.15) is 25.3 Å². The van der Waals surface area contributed by atoms with Crippen LogP contribution in [0.4, 0.5) is 17.1 Å². The van der Waals surface area contributed by atoms with Gasteiger partial charge in [0, 0.05) is 11.9 Å². The summed E-state index contributed by atoms with van der Waals surface area (Å²) in [6, 6.07) is 11.8. The van der Waals surface area contributed by atoms with Gasteiger partial charge >= 0.3 is 0 Å². The fourth-order valence-electron chi connectivity index (χ4n) is 4.25. The first-order valence-corrected chi connectivity index (χ1v) is 16.5. The van der Waals surface area contributed by atoms with E-state index in [0.717, 1.165) is 5.39 Å². The van der Waals surface area contributed by atoms with E-state index in [1.54, 1.807) is 30.3 Å². The summed E-state index contributed by atoms with van der Waals surface area (Å²) in [6.07, 6.45) is 0. The van der Waals surface area contributed by atoms with E-state index in [-0.39, 0.29) is 5.69 Å². The SMILES string of the molecule is NCc1c(S(=O)(=O)O)c(S(=O)(=O)O)c(N)c2c(S(=O)(=O)O)c(N=Nc3ccc4ccccc4c3)c(S(=O)(=O)O)cc12. The third kappa shape index (κ3) is 5.64. The molecule has 0 aliphatic rings. The molecule has 0 fully saturated rings. The second-order valence-electron chi connectivity index (χ2n) is 8.36. The Kier molecular flexibility index (Phi) is 7.44. The van der Waals surface area contributed by atoms with Crippen molar-refractivity contribution >= 4 is 79.1 Å². The fourth-order valence-corrected chi connectivity index (χ4v) is 8.06. The van der Waals surface area contributed by atoms with Gasteiger partial charge in [-0.15, -0.1) is 5.11 Å². The van der Waals surface area contributed by atoms with Crippen molar-refractivity contribution in [3.8, 4) is 0 Å². The molecule has 0 heterocycles. The highest BCUT2D eigenvalue weighted by Gasteiger charge is 2.37. The molecule has 20 heteroatoms. The van der Waals surface area contributed by atoms with Crippen molar-refractivity contribution in [3.05, 3.63) is 54.1 Å². The Hall–Kier alpha value is -3.60. The highest BCUT2D eigenvalue weighted by molar-refractivity contribution is 7.89. The van der Waals surface area contributed by atoms with Crippen LogP contribution in [0.2, 0.25) is 0 Å². The lowest BCUT2D eigenvalue weighted by atomic mass is 10.0. The zero-order valence-electron chi connectivity index (χ0n) is 20.1. The second-order valence-corrected chi connectivity index (χ2v) is 13.8. The summed E-state index contributed by atoms with van der Waals surface area (Å²) in [5.41, 5.74) is 7.83. The number of azo groups is 1. The molecule has 0 atom stereocenters. The van der Waals surface area contributed by atoms with E-state index < -0.39 is 94.3 Å². The molecule has 0 aliphatic heterocycles. The average molecular weight is 647 g/mol. The number of rotatable bonds is 7. The van der Waals surface area contributed by atoms with E-state index in [2.05, 4.69) is 10.2 Å². The van der Waals surface area contributed by atoms with Gasteiger partial charge in [0.2, 0.25) is 0 Å². The topological polar surface area (TPSA) is 294 Å². The van der Waals surface area contributed by atoms with Gasteiger partial charge in [-0.3, -0.25) is 18.2 Å². The lowest BCUT2D eigenvalue weighted by Gasteiger charge is -2.20. The smallest absolute Gasteiger partial charge is 0.298 e. The maximum absolute atomic E-state index is 12.6. The number of benzene rings is 4. The Bertz CT molecular complexity index is 2250. The Labute approximate surface area is 232 Å². The number of hydrogen-bond acceptors (Lipinski definition) is 12. The molecule has 0 amide bonds. The molecule has 4 rings (SSSR count). The molecule has 8 N–H and O–H groups in total. The number of nitrogens with zero attached hydrogens (tertiary/aromatic N) is 2. The molecule has 0 aromatic heterocycles. The quantitative estimate of drug-likeness (QED) is 0.0955. The van der Waals surface area contributed by atoms with E-state index in [1.165, 1.54) is 12.1 Å². The Balaban J connectivity index is 2.29. The summed E-state index contributed by atoms with van der Waals surface area (Å²) in [5, 5.41) is 6.89. The second kappa shape index (κ2) is 10.0. The first-order chi connectivity index (χ1) is 18.8. The molecular formula is C21H18N4O12S4. The molecule has 4 aromatic carbocycles. The normalized spacial score (nSPS) is 13.4. The first kappa shape index (κ1) is 30.4. The lowest BCUT2D eigenvalue weighted by Crippen LogP contribution is -2.18. The van der Waals surface area contributed by atoms with Crippen LogP contribution in [0.15, 0.2) is 78.3 Å². The molecule has 218 valence electrons. The van der Waals surface area contributed by atoms with Crippen molar-refractivity contribution in [2.75, 3.05) is 5.73 Å². The van der Waals surface area contributed by atoms with Gasteiger partial charge in [0.15, 0.2) is 0 Å².